The Hall–Kier alpha value is -5.57. The van der Waals surface area contributed by atoms with Gasteiger partial charge in [-0.25, -0.2) is 13.2 Å². The van der Waals surface area contributed by atoms with Crippen LogP contribution in [0.25, 0.3) is 21.5 Å². The summed E-state index contributed by atoms with van der Waals surface area (Å²) < 4.78 is 149. The number of hydrogen-bond acceptors (Lipinski definition) is 19. The number of carbonyl (C=O) groups excluding carboxylic acids is 1. The Morgan fingerprint density at radius 3 is 1.30 bits per heavy atom. The quantitative estimate of drug-likeness (QED) is 0.0298. The van der Waals surface area contributed by atoms with Crippen molar-refractivity contribution in [3.05, 3.63) is 96.1 Å². The van der Waals surface area contributed by atoms with E-state index in [2.05, 4.69) is 36.4 Å². The molecular formula is C41H42N7NaO17S4. The van der Waals surface area contributed by atoms with Crippen molar-refractivity contribution < 1.29 is 106 Å². The number of aliphatic hydroxyl groups excluding tert-OH is 2. The van der Waals surface area contributed by atoms with E-state index in [4.69, 9.17) is 19.7 Å². The predicted octanol–water partition coefficient (Wildman–Crippen LogP) is 3.31. The standard InChI is InChI=1S/C37H32N6O15S4.C4H11NO2.Na/c1-19-11-29(31(57-3)17-27(19)42-40-21-13-25-23(35(15-21)61(51,52)53)7-5-9-33(25)59(45,46)47)38-37(44)39-30-12-20(2)28(18-32(30)58-4)43-41-22-14-26-24(36(16-22)62(54,55)56)8-6-10-34(26)60(48,49)50;6-3-1-5-2-4-7;/h5-18H,1-4H3,(H2,38,39,44)(H,45,46,47)(H,48,49,50)(H,51,52,53)(H,54,55,56);5-7H,1-4H2;/q;;+1/p-1. The van der Waals surface area contributed by atoms with Crippen LogP contribution in [0, 0.1) is 13.8 Å². The van der Waals surface area contributed by atoms with Crippen molar-refractivity contribution in [3.8, 4) is 11.5 Å². The number of ether oxygens (including phenoxy) is 2. The molecule has 0 atom stereocenters. The second-order valence-corrected chi connectivity index (χ2v) is 19.8. The van der Waals surface area contributed by atoms with E-state index in [-0.39, 0.29) is 110 Å². The number of aryl methyl sites for hydroxylation is 2. The number of hydrogen-bond donors (Lipinski definition) is 8. The summed E-state index contributed by atoms with van der Waals surface area (Å²) in [7, 11) is -17.1. The first-order valence-electron chi connectivity index (χ1n) is 19.5. The fourth-order valence-electron chi connectivity index (χ4n) is 6.49. The molecule has 0 heterocycles. The first-order chi connectivity index (χ1) is 32.3. The zero-order valence-electron chi connectivity index (χ0n) is 37.5. The molecule has 0 radical (unpaired) electrons. The van der Waals surface area contributed by atoms with Gasteiger partial charge in [-0.1, -0.05) is 24.3 Å². The maximum absolute atomic E-state index is 13.3. The molecule has 6 aromatic rings. The molecule has 0 aromatic heterocycles. The Bertz CT molecular complexity index is 3260. The van der Waals surface area contributed by atoms with Crippen molar-refractivity contribution >= 4 is 102 Å². The van der Waals surface area contributed by atoms with E-state index in [9.17, 15) is 56.7 Å². The summed E-state index contributed by atoms with van der Waals surface area (Å²) >= 11 is 0. The van der Waals surface area contributed by atoms with Crippen LogP contribution in [0.3, 0.4) is 0 Å². The molecule has 0 fully saturated rings. The summed E-state index contributed by atoms with van der Waals surface area (Å²) in [6.45, 7) is 4.61. The van der Waals surface area contributed by atoms with Gasteiger partial charge in [-0.2, -0.15) is 45.7 Å². The second-order valence-electron chi connectivity index (χ2n) is 14.3. The Labute approximate surface area is 423 Å². The molecule has 6 rings (SSSR count). The van der Waals surface area contributed by atoms with Gasteiger partial charge in [0.15, 0.2) is 0 Å². The molecule has 0 saturated heterocycles. The van der Waals surface area contributed by atoms with E-state index in [0.717, 1.165) is 42.5 Å². The van der Waals surface area contributed by atoms with Crippen LogP contribution < -0.4 is 55.0 Å². The first kappa shape index (κ1) is 57.0. The van der Waals surface area contributed by atoms with Crippen LogP contribution in [-0.2, 0) is 40.5 Å². The zero-order valence-corrected chi connectivity index (χ0v) is 42.7. The molecule has 2 amide bonds. The monoisotopic (exact) mass is 1060 g/mol. The average molecular weight is 1060 g/mol. The molecule has 0 saturated carbocycles. The number of fused-ring (bicyclic) bond motifs is 2. The number of aliphatic hydroxyl groups is 2. The zero-order chi connectivity index (χ0) is 51.1. The van der Waals surface area contributed by atoms with Crippen molar-refractivity contribution in [2.45, 2.75) is 33.4 Å². The van der Waals surface area contributed by atoms with Gasteiger partial charge in [0.1, 0.15) is 36.3 Å². The van der Waals surface area contributed by atoms with Gasteiger partial charge in [0.25, 0.3) is 30.4 Å². The first-order valence-corrected chi connectivity index (χ1v) is 25.3. The third-order valence-corrected chi connectivity index (χ3v) is 13.2. The minimum atomic E-state index is -5.15. The maximum atomic E-state index is 13.3. The van der Waals surface area contributed by atoms with Gasteiger partial charge in [-0.05, 0) is 73.5 Å². The topological polar surface area (TPSA) is 382 Å². The Morgan fingerprint density at radius 2 is 0.943 bits per heavy atom. The number of carbonyl (C=O) groups is 1. The summed E-state index contributed by atoms with van der Waals surface area (Å²) in [4.78, 5) is 10.5. The largest absolute Gasteiger partial charge is 1.00 e. The number of azo groups is 2. The SMILES string of the molecule is COc1cc(N=Nc2cc(S(=O)(=O)[O-])c3cccc(S(=O)(=O)O)c3c2)c(C)cc1NC(=O)Nc1cc(C)c(N=Nc2cc(S(=O)(=O)O)c3cccc(S(=O)(=O)O)c3c2)cc1OC.OCCNCCO.[Na+]. The predicted molar refractivity (Wildman–Crippen MR) is 249 cm³/mol. The molecule has 0 bridgehead atoms. The van der Waals surface area contributed by atoms with E-state index < -0.39 is 66.1 Å². The van der Waals surface area contributed by atoms with Crippen LogP contribution in [0.1, 0.15) is 11.1 Å². The molecule has 70 heavy (non-hydrogen) atoms. The molecule has 29 heteroatoms. The third-order valence-electron chi connectivity index (χ3n) is 9.56. The minimum absolute atomic E-state index is 0. The van der Waals surface area contributed by atoms with Crippen LogP contribution >= 0.6 is 0 Å². The molecule has 0 aliphatic carbocycles. The second kappa shape index (κ2) is 23.6. The number of urea groups is 1. The molecule has 368 valence electrons. The summed E-state index contributed by atoms with van der Waals surface area (Å²) in [5, 5.41) is 39.7. The fourth-order valence-corrected chi connectivity index (χ4v) is 9.32. The number of nitrogens with zero attached hydrogens (tertiary/aromatic N) is 4. The van der Waals surface area contributed by atoms with Gasteiger partial charge in [0.05, 0.1) is 66.5 Å². The fraction of sp³-hybridized carbons (Fsp3) is 0.195. The van der Waals surface area contributed by atoms with Crippen molar-refractivity contribution in [3.63, 3.8) is 0 Å². The van der Waals surface area contributed by atoms with E-state index in [1.54, 1.807) is 13.8 Å². The number of rotatable bonds is 16. The summed E-state index contributed by atoms with van der Waals surface area (Å²) in [5.41, 5.74) is 1.02. The van der Waals surface area contributed by atoms with Crippen molar-refractivity contribution in [2.75, 3.05) is 51.2 Å². The van der Waals surface area contributed by atoms with Crippen LogP contribution in [-0.4, -0.2) is 109 Å². The summed E-state index contributed by atoms with van der Waals surface area (Å²) in [6.07, 6.45) is 0. The molecule has 0 unspecified atom stereocenters. The van der Waals surface area contributed by atoms with Gasteiger partial charge in [-0.15, -0.1) is 0 Å². The van der Waals surface area contributed by atoms with E-state index in [1.807, 2.05) is 0 Å². The molecular weight excluding hydrogens is 1010 g/mol. The molecule has 6 aromatic carbocycles. The minimum Gasteiger partial charge on any atom is -0.744 e. The van der Waals surface area contributed by atoms with Crippen molar-refractivity contribution in [1.29, 1.82) is 0 Å². The Balaban J connectivity index is 0.00000124. The third kappa shape index (κ3) is 14.3. The smallest absolute Gasteiger partial charge is 0.744 e. The van der Waals surface area contributed by atoms with Crippen LogP contribution in [0.5, 0.6) is 11.5 Å². The van der Waals surface area contributed by atoms with E-state index in [1.165, 1.54) is 56.7 Å². The van der Waals surface area contributed by atoms with E-state index in [0.29, 0.717) is 24.2 Å². The van der Waals surface area contributed by atoms with Gasteiger partial charge in [-0.3, -0.25) is 13.7 Å². The van der Waals surface area contributed by atoms with Gasteiger partial charge >= 0.3 is 35.6 Å². The average Bonchev–Trinajstić information content (AvgIpc) is 3.26. The van der Waals surface area contributed by atoms with Crippen LogP contribution in [0.2, 0.25) is 0 Å². The van der Waals surface area contributed by atoms with Crippen molar-refractivity contribution in [2.24, 2.45) is 20.5 Å². The van der Waals surface area contributed by atoms with Crippen molar-refractivity contribution in [1.82, 2.24) is 5.32 Å². The molecule has 0 aliphatic heterocycles. The maximum Gasteiger partial charge on any atom is 1.00 e. The Morgan fingerprint density at radius 1 is 0.557 bits per heavy atom. The number of amides is 2. The number of nitrogens with one attached hydrogen (secondary N) is 3. The van der Waals surface area contributed by atoms with E-state index >= 15 is 0 Å². The summed E-state index contributed by atoms with van der Waals surface area (Å²) in [5.74, 6) is 0.179. The number of benzene rings is 6. The van der Waals surface area contributed by atoms with Gasteiger partial charge in [0, 0.05) is 46.8 Å². The van der Waals surface area contributed by atoms with Crippen LogP contribution in [0.4, 0.5) is 38.9 Å². The van der Waals surface area contributed by atoms with Gasteiger partial charge < -0.3 is 40.2 Å². The van der Waals surface area contributed by atoms with Gasteiger partial charge in [0.2, 0.25) is 0 Å². The summed E-state index contributed by atoms with van der Waals surface area (Å²) in [6, 6.07) is 15.9. The van der Waals surface area contributed by atoms with Crippen LogP contribution in [0.15, 0.2) is 125 Å². The number of methoxy groups -OCH3 is 2. The normalized spacial score (nSPS) is 12.1. The molecule has 8 N–H and O–H groups in total. The molecule has 0 aliphatic rings. The Kier molecular flexibility index (Phi) is 19.2. The number of anilines is 2. The molecule has 24 nitrogen and oxygen atoms in total. The molecule has 0 spiro atoms.